The minimum absolute atomic E-state index is 0.513. The van der Waals surface area contributed by atoms with Gasteiger partial charge >= 0.3 is 0 Å². The molecular weight excluding hydrogens is 376 g/mol. The summed E-state index contributed by atoms with van der Waals surface area (Å²) in [5.74, 6) is 0.694. The van der Waals surface area contributed by atoms with Crippen molar-refractivity contribution in [3.63, 3.8) is 0 Å². The molecule has 3 rings (SSSR count). The Morgan fingerprint density at radius 1 is 1.07 bits per heavy atom. The molecule has 0 radical (unpaired) electrons. The summed E-state index contributed by atoms with van der Waals surface area (Å²) in [7, 11) is 0. The summed E-state index contributed by atoms with van der Waals surface area (Å²) in [5, 5.41) is 12.1. The molecule has 1 heterocycles. The minimum Gasteiger partial charge on any atom is -0.332 e. The number of hydrogen-bond donors (Lipinski definition) is 2. The third kappa shape index (κ3) is 5.81. The lowest BCUT2D eigenvalue weighted by atomic mass is 10.1. The van der Waals surface area contributed by atoms with E-state index in [-0.39, 0.29) is 0 Å². The smallest absolute Gasteiger partial charge is 0.176 e. The highest BCUT2D eigenvalue weighted by atomic mass is 35.5. The Hall–Kier alpha value is -2.37. The first-order valence-corrected chi connectivity index (χ1v) is 9.86. The van der Waals surface area contributed by atoms with Crippen molar-refractivity contribution in [2.24, 2.45) is 0 Å². The topological polar surface area (TPSA) is 41.9 Å². The zero-order valence-corrected chi connectivity index (χ0v) is 16.9. The van der Waals surface area contributed by atoms with Gasteiger partial charge in [0, 0.05) is 23.0 Å². The van der Waals surface area contributed by atoms with Crippen molar-refractivity contribution in [1.82, 2.24) is 9.78 Å². The fourth-order valence-electron chi connectivity index (χ4n) is 2.73. The standard InChI is InChI=1S/C21H23ClN4S/c1-2-3-6-16-9-11-18(12-10-16)23-21(27)24-20-13-14-26(25-20)15-17-7-4-5-8-19(17)22/h4-5,7-14H,2-3,6,15H2,1H3,(H2,23,24,25,27). The summed E-state index contributed by atoms with van der Waals surface area (Å²) < 4.78 is 1.83. The van der Waals surface area contributed by atoms with E-state index in [1.807, 2.05) is 41.2 Å². The molecule has 0 fully saturated rings. The second kappa shape index (κ2) is 9.53. The Morgan fingerprint density at radius 2 is 1.85 bits per heavy atom. The first-order valence-electron chi connectivity index (χ1n) is 9.08. The van der Waals surface area contributed by atoms with E-state index in [2.05, 4.69) is 46.9 Å². The number of nitrogens with one attached hydrogen (secondary N) is 2. The normalized spacial score (nSPS) is 10.6. The average molecular weight is 399 g/mol. The third-order valence-corrected chi connectivity index (χ3v) is 4.78. The maximum Gasteiger partial charge on any atom is 0.176 e. The van der Waals surface area contributed by atoms with Gasteiger partial charge in [0.25, 0.3) is 0 Å². The van der Waals surface area contributed by atoms with E-state index in [0.717, 1.165) is 22.7 Å². The number of hydrogen-bond acceptors (Lipinski definition) is 2. The molecule has 0 aliphatic heterocycles. The van der Waals surface area contributed by atoms with Gasteiger partial charge in [0.1, 0.15) is 0 Å². The fourth-order valence-corrected chi connectivity index (χ4v) is 3.15. The number of aryl methyl sites for hydroxylation is 1. The van der Waals surface area contributed by atoms with Gasteiger partial charge in [-0.15, -0.1) is 0 Å². The van der Waals surface area contributed by atoms with E-state index in [1.54, 1.807) is 0 Å². The second-order valence-corrected chi connectivity index (χ2v) is 7.19. The van der Waals surface area contributed by atoms with Crippen LogP contribution in [0, 0.1) is 0 Å². The predicted octanol–water partition coefficient (Wildman–Crippen LogP) is 5.74. The molecule has 27 heavy (non-hydrogen) atoms. The zero-order chi connectivity index (χ0) is 19.1. The Bertz CT molecular complexity index is 889. The van der Waals surface area contributed by atoms with E-state index < -0.39 is 0 Å². The number of rotatable bonds is 7. The van der Waals surface area contributed by atoms with E-state index in [4.69, 9.17) is 23.8 Å². The number of halogens is 1. The van der Waals surface area contributed by atoms with Crippen LogP contribution in [0.3, 0.4) is 0 Å². The lowest BCUT2D eigenvalue weighted by molar-refractivity contribution is 0.690. The highest BCUT2D eigenvalue weighted by Gasteiger charge is 2.05. The first-order chi connectivity index (χ1) is 13.1. The molecule has 0 unspecified atom stereocenters. The van der Waals surface area contributed by atoms with Crippen LogP contribution >= 0.6 is 23.8 Å². The van der Waals surface area contributed by atoms with Crippen molar-refractivity contribution >= 4 is 40.4 Å². The third-order valence-electron chi connectivity index (χ3n) is 4.20. The molecule has 4 nitrogen and oxygen atoms in total. The molecule has 3 aromatic rings. The van der Waals surface area contributed by atoms with Crippen molar-refractivity contribution < 1.29 is 0 Å². The number of nitrogens with zero attached hydrogens (tertiary/aromatic N) is 2. The van der Waals surface area contributed by atoms with Crippen LogP contribution in [0.4, 0.5) is 11.5 Å². The summed E-state index contributed by atoms with van der Waals surface area (Å²) in [5.41, 5.74) is 3.33. The zero-order valence-electron chi connectivity index (χ0n) is 15.3. The quantitative estimate of drug-likeness (QED) is 0.498. The Labute approximate surface area is 170 Å². The summed E-state index contributed by atoms with van der Waals surface area (Å²) in [4.78, 5) is 0. The summed E-state index contributed by atoms with van der Waals surface area (Å²) in [6.45, 7) is 2.82. The van der Waals surface area contributed by atoms with Crippen LogP contribution in [0.5, 0.6) is 0 Å². The van der Waals surface area contributed by atoms with Crippen LogP contribution in [0.2, 0.25) is 5.02 Å². The number of aromatic nitrogens is 2. The summed E-state index contributed by atoms with van der Waals surface area (Å²) in [6.07, 6.45) is 5.43. The van der Waals surface area contributed by atoms with E-state index in [1.165, 1.54) is 18.4 Å². The van der Waals surface area contributed by atoms with Gasteiger partial charge in [0.2, 0.25) is 0 Å². The molecule has 0 atom stereocenters. The first kappa shape index (κ1) is 19.4. The van der Waals surface area contributed by atoms with Crippen molar-refractivity contribution in [2.45, 2.75) is 32.7 Å². The van der Waals surface area contributed by atoms with Crippen molar-refractivity contribution in [2.75, 3.05) is 10.6 Å². The molecule has 2 aromatic carbocycles. The second-order valence-electron chi connectivity index (χ2n) is 6.37. The van der Waals surface area contributed by atoms with Gasteiger partial charge in [-0.2, -0.15) is 5.10 Å². The van der Waals surface area contributed by atoms with Crippen molar-refractivity contribution in [1.29, 1.82) is 0 Å². The van der Waals surface area contributed by atoms with Crippen LogP contribution < -0.4 is 10.6 Å². The molecular formula is C21H23ClN4S. The monoisotopic (exact) mass is 398 g/mol. The largest absolute Gasteiger partial charge is 0.332 e. The molecule has 0 saturated carbocycles. The molecule has 2 N–H and O–H groups in total. The molecule has 1 aromatic heterocycles. The Balaban J connectivity index is 1.54. The number of thiocarbonyl (C=S) groups is 1. The molecule has 140 valence electrons. The highest BCUT2D eigenvalue weighted by Crippen LogP contribution is 2.17. The lowest BCUT2D eigenvalue weighted by Gasteiger charge is -2.09. The van der Waals surface area contributed by atoms with Crippen LogP contribution in [0.25, 0.3) is 0 Å². The molecule has 0 aliphatic rings. The van der Waals surface area contributed by atoms with Crippen molar-refractivity contribution in [3.8, 4) is 0 Å². The highest BCUT2D eigenvalue weighted by molar-refractivity contribution is 7.80. The number of unbranched alkanes of at least 4 members (excludes halogenated alkanes) is 1. The Kier molecular flexibility index (Phi) is 6.85. The van der Waals surface area contributed by atoms with Gasteiger partial charge < -0.3 is 10.6 Å². The summed E-state index contributed by atoms with van der Waals surface area (Å²) in [6, 6.07) is 18.0. The van der Waals surface area contributed by atoms with Crippen LogP contribution in [0.1, 0.15) is 30.9 Å². The van der Waals surface area contributed by atoms with Gasteiger partial charge in [-0.25, -0.2) is 0 Å². The summed E-state index contributed by atoms with van der Waals surface area (Å²) >= 11 is 11.6. The van der Waals surface area contributed by atoms with Crippen LogP contribution in [-0.4, -0.2) is 14.9 Å². The predicted molar refractivity (Wildman–Crippen MR) is 118 cm³/mol. The fraction of sp³-hybridized carbons (Fsp3) is 0.238. The minimum atomic E-state index is 0.513. The molecule has 0 bridgehead atoms. The molecule has 6 heteroatoms. The lowest BCUT2D eigenvalue weighted by Crippen LogP contribution is -2.19. The molecule has 0 amide bonds. The molecule has 0 saturated heterocycles. The number of anilines is 2. The van der Waals surface area contributed by atoms with Gasteiger partial charge in [-0.1, -0.05) is 55.3 Å². The average Bonchev–Trinajstić information content (AvgIpc) is 3.10. The maximum absolute atomic E-state index is 6.21. The molecule has 0 aliphatic carbocycles. The Morgan fingerprint density at radius 3 is 2.59 bits per heavy atom. The van der Waals surface area contributed by atoms with Gasteiger partial charge in [0.05, 0.1) is 6.54 Å². The SMILES string of the molecule is CCCCc1ccc(NC(=S)Nc2ccn(Cc3ccccc3Cl)n2)cc1. The van der Waals surface area contributed by atoms with Crippen LogP contribution in [-0.2, 0) is 13.0 Å². The van der Waals surface area contributed by atoms with E-state index >= 15 is 0 Å². The van der Waals surface area contributed by atoms with Gasteiger partial charge in [-0.3, -0.25) is 4.68 Å². The maximum atomic E-state index is 6.21. The van der Waals surface area contributed by atoms with Gasteiger partial charge in [0.15, 0.2) is 10.9 Å². The van der Waals surface area contributed by atoms with Crippen LogP contribution in [0.15, 0.2) is 60.8 Å². The van der Waals surface area contributed by atoms with E-state index in [0.29, 0.717) is 17.5 Å². The van der Waals surface area contributed by atoms with Crippen molar-refractivity contribution in [3.05, 3.63) is 76.9 Å². The van der Waals surface area contributed by atoms with Gasteiger partial charge in [-0.05, 0) is 54.4 Å². The van der Waals surface area contributed by atoms with E-state index in [9.17, 15) is 0 Å². The molecule has 0 spiro atoms. The number of benzene rings is 2.